The molecule has 0 saturated heterocycles. The monoisotopic (exact) mass is 451 g/mol. The molecule has 170 valence electrons. The van der Waals surface area contributed by atoms with Crippen molar-refractivity contribution in [3.05, 3.63) is 89.3 Å². The highest BCUT2D eigenvalue weighted by Gasteiger charge is 2.29. The molecule has 1 unspecified atom stereocenters. The molecule has 1 nitrogen and oxygen atoms in total. The van der Waals surface area contributed by atoms with Crippen LogP contribution < -0.4 is 5.73 Å². The van der Waals surface area contributed by atoms with Crippen LogP contribution in [0.5, 0.6) is 0 Å². The maximum atomic E-state index is 14.1. The lowest BCUT2D eigenvalue weighted by molar-refractivity contribution is 0.246. The number of hydrogen-bond donors (Lipinski definition) is 1. The molecule has 0 heterocycles. The largest absolute Gasteiger partial charge is 0.326 e. The van der Waals surface area contributed by atoms with E-state index in [4.69, 9.17) is 17.3 Å². The first-order valence-electron chi connectivity index (χ1n) is 12.2. The van der Waals surface area contributed by atoms with Crippen LogP contribution in [0.3, 0.4) is 0 Å². The van der Waals surface area contributed by atoms with E-state index in [9.17, 15) is 4.39 Å². The lowest BCUT2D eigenvalue weighted by atomic mass is 9.76. The topological polar surface area (TPSA) is 26.0 Å². The van der Waals surface area contributed by atoms with Crippen molar-refractivity contribution in [2.24, 2.45) is 17.6 Å². The van der Waals surface area contributed by atoms with Gasteiger partial charge >= 0.3 is 0 Å². The fraction of sp³-hybridized carbons (Fsp3) is 0.448. The zero-order valence-corrected chi connectivity index (χ0v) is 19.7. The minimum Gasteiger partial charge on any atom is -0.326 e. The Hall–Kier alpha value is -1.90. The fourth-order valence-electron chi connectivity index (χ4n) is 5.20. The van der Waals surface area contributed by atoms with Crippen molar-refractivity contribution in [1.29, 1.82) is 0 Å². The van der Waals surface area contributed by atoms with Gasteiger partial charge in [0.2, 0.25) is 0 Å². The Labute approximate surface area is 197 Å². The van der Waals surface area contributed by atoms with Gasteiger partial charge in [-0.25, -0.2) is 4.39 Å². The molecule has 0 amide bonds. The van der Waals surface area contributed by atoms with E-state index in [0.29, 0.717) is 12.1 Å². The van der Waals surface area contributed by atoms with Gasteiger partial charge in [-0.15, -0.1) is 11.6 Å². The van der Waals surface area contributed by atoms with E-state index >= 15 is 0 Å². The minimum absolute atomic E-state index is 0.171. The van der Waals surface area contributed by atoms with Crippen molar-refractivity contribution in [1.82, 2.24) is 0 Å². The Balaban J connectivity index is 1.19. The number of aryl methyl sites for hydroxylation is 1. The predicted molar refractivity (Wildman–Crippen MR) is 134 cm³/mol. The Morgan fingerprint density at radius 3 is 2.19 bits per heavy atom. The summed E-state index contributed by atoms with van der Waals surface area (Å²) in [7, 11) is 0. The summed E-state index contributed by atoms with van der Waals surface area (Å²) in [6.45, 7) is 0.618. The highest BCUT2D eigenvalue weighted by Crippen LogP contribution is 2.40. The SMILES string of the molecule is NCc1ccc(CCC2CCC(CCC3(Cl)C=CC(c4ccccc4F)=CC3)CC2)cc1. The molecule has 2 aliphatic carbocycles. The van der Waals surface area contributed by atoms with Crippen molar-refractivity contribution < 1.29 is 4.39 Å². The average Bonchev–Trinajstić information content (AvgIpc) is 2.83. The maximum absolute atomic E-state index is 14.1. The molecule has 0 spiro atoms. The van der Waals surface area contributed by atoms with Gasteiger partial charge in [0.15, 0.2) is 0 Å². The molecule has 2 aromatic carbocycles. The Bertz CT molecular complexity index is 940. The quantitative estimate of drug-likeness (QED) is 0.406. The lowest BCUT2D eigenvalue weighted by Gasteiger charge is -2.32. The molecule has 2 N–H and O–H groups in total. The minimum atomic E-state index is -0.318. The molecule has 32 heavy (non-hydrogen) atoms. The lowest BCUT2D eigenvalue weighted by Crippen LogP contribution is -2.23. The zero-order valence-electron chi connectivity index (χ0n) is 18.9. The van der Waals surface area contributed by atoms with Gasteiger partial charge in [0.1, 0.15) is 5.82 Å². The Kier molecular flexibility index (Phi) is 7.86. The highest BCUT2D eigenvalue weighted by molar-refractivity contribution is 6.25. The van der Waals surface area contributed by atoms with Crippen molar-refractivity contribution in [2.45, 2.75) is 69.2 Å². The van der Waals surface area contributed by atoms with Gasteiger partial charge in [-0.3, -0.25) is 0 Å². The number of halogens is 2. The Morgan fingerprint density at radius 2 is 1.56 bits per heavy atom. The molecule has 3 heteroatoms. The van der Waals surface area contributed by atoms with E-state index < -0.39 is 0 Å². The number of rotatable bonds is 8. The molecule has 1 fully saturated rings. The summed E-state index contributed by atoms with van der Waals surface area (Å²) in [6, 6.07) is 15.7. The smallest absolute Gasteiger partial charge is 0.131 e. The van der Waals surface area contributed by atoms with Gasteiger partial charge in [0, 0.05) is 12.1 Å². The molecule has 1 saturated carbocycles. The first-order chi connectivity index (χ1) is 15.5. The third kappa shape index (κ3) is 6.11. The van der Waals surface area contributed by atoms with E-state index in [1.54, 1.807) is 6.07 Å². The van der Waals surface area contributed by atoms with E-state index in [1.807, 2.05) is 18.2 Å². The third-order valence-electron chi connectivity index (χ3n) is 7.44. The summed E-state index contributed by atoms with van der Waals surface area (Å²) in [4.78, 5) is -0.318. The molecule has 0 bridgehead atoms. The second-order valence-corrected chi connectivity index (χ2v) is 10.4. The van der Waals surface area contributed by atoms with E-state index in [0.717, 1.165) is 30.3 Å². The van der Waals surface area contributed by atoms with Crippen molar-refractivity contribution in [2.75, 3.05) is 0 Å². The summed E-state index contributed by atoms with van der Waals surface area (Å²) in [5.74, 6) is 1.47. The van der Waals surface area contributed by atoms with Crippen LogP contribution in [-0.2, 0) is 13.0 Å². The summed E-state index contributed by atoms with van der Waals surface area (Å²) < 4.78 is 14.1. The van der Waals surface area contributed by atoms with Gasteiger partial charge < -0.3 is 5.73 Å². The molecule has 0 aliphatic heterocycles. The summed E-state index contributed by atoms with van der Waals surface area (Å²) >= 11 is 6.92. The molecule has 2 aliphatic rings. The first kappa shape index (κ1) is 23.3. The summed E-state index contributed by atoms with van der Waals surface area (Å²) in [6.07, 6.45) is 16.9. The number of benzene rings is 2. The second kappa shape index (κ2) is 10.8. The molecule has 2 aromatic rings. The van der Waals surface area contributed by atoms with Gasteiger partial charge in [-0.2, -0.15) is 0 Å². The molecular weight excluding hydrogens is 417 g/mol. The highest BCUT2D eigenvalue weighted by atomic mass is 35.5. The molecule has 0 aromatic heterocycles. The number of nitrogens with two attached hydrogens (primary N) is 1. The number of hydrogen-bond acceptors (Lipinski definition) is 1. The van der Waals surface area contributed by atoms with Crippen LogP contribution in [0.1, 0.15) is 68.1 Å². The van der Waals surface area contributed by atoms with Crippen LogP contribution >= 0.6 is 11.6 Å². The van der Waals surface area contributed by atoms with E-state index in [2.05, 4.69) is 36.4 Å². The van der Waals surface area contributed by atoms with E-state index in [-0.39, 0.29) is 10.7 Å². The zero-order chi connectivity index (χ0) is 22.4. The molecule has 1 atom stereocenters. The summed E-state index contributed by atoms with van der Waals surface area (Å²) in [5.41, 5.74) is 9.93. The molecular formula is C29H35ClFN. The van der Waals surface area contributed by atoms with Crippen molar-refractivity contribution in [3.63, 3.8) is 0 Å². The number of alkyl halides is 1. The van der Waals surface area contributed by atoms with Crippen molar-refractivity contribution in [3.8, 4) is 0 Å². The Morgan fingerprint density at radius 1 is 0.906 bits per heavy atom. The standard InChI is InChI=1S/C29H35ClFN/c30-29(19-16-26(17-20-29)27-3-1-2-4-28(27)31)18-15-24-9-7-22(8-10-24)5-6-23-11-13-25(21-32)14-12-23/h1-4,11-14,16-17,19,22,24H,5-10,15,18,20-21,32H2. The van der Waals surface area contributed by atoms with Gasteiger partial charge in [-0.1, -0.05) is 86.4 Å². The van der Waals surface area contributed by atoms with Gasteiger partial charge in [0.25, 0.3) is 0 Å². The predicted octanol–water partition coefficient (Wildman–Crippen LogP) is 7.82. The molecule has 4 rings (SSSR count). The number of allylic oxidation sites excluding steroid dienone is 4. The van der Waals surface area contributed by atoms with Gasteiger partial charge in [-0.05, 0) is 66.7 Å². The normalized spacial score (nSPS) is 25.5. The maximum Gasteiger partial charge on any atom is 0.131 e. The first-order valence-corrected chi connectivity index (χ1v) is 12.5. The van der Waals surface area contributed by atoms with Crippen LogP contribution in [0.2, 0.25) is 0 Å². The third-order valence-corrected chi connectivity index (χ3v) is 7.91. The summed E-state index contributed by atoms with van der Waals surface area (Å²) in [5, 5.41) is 0. The van der Waals surface area contributed by atoms with Crippen molar-refractivity contribution >= 4 is 17.2 Å². The van der Waals surface area contributed by atoms with Crippen LogP contribution in [0.4, 0.5) is 4.39 Å². The van der Waals surface area contributed by atoms with Crippen LogP contribution in [0, 0.1) is 17.7 Å². The van der Waals surface area contributed by atoms with Crippen LogP contribution in [0.15, 0.2) is 66.8 Å². The van der Waals surface area contributed by atoms with Crippen LogP contribution in [-0.4, -0.2) is 4.87 Å². The van der Waals surface area contributed by atoms with Crippen LogP contribution in [0.25, 0.3) is 5.57 Å². The van der Waals surface area contributed by atoms with E-state index in [1.165, 1.54) is 62.1 Å². The average molecular weight is 452 g/mol. The fourth-order valence-corrected chi connectivity index (χ4v) is 5.45. The van der Waals surface area contributed by atoms with Gasteiger partial charge in [0.05, 0.1) is 4.87 Å². The molecule has 0 radical (unpaired) electrons. The second-order valence-electron chi connectivity index (χ2n) is 9.70.